The number of rotatable bonds is 4. The molecule has 0 saturated carbocycles. The first-order chi connectivity index (χ1) is 13.7. The van der Waals surface area contributed by atoms with E-state index in [0.717, 1.165) is 20.8 Å². The molecule has 6 nitrogen and oxygen atoms in total. The minimum Gasteiger partial charge on any atom is -0.381 e. The number of hydrogen-bond donors (Lipinski definition) is 2. The molecule has 0 fully saturated rings. The molecule has 0 aliphatic rings. The van der Waals surface area contributed by atoms with Gasteiger partial charge in [0.2, 0.25) is 0 Å². The van der Waals surface area contributed by atoms with Crippen LogP contribution in [0.15, 0.2) is 30.6 Å². The monoisotopic (exact) mass is 420 g/mol. The van der Waals surface area contributed by atoms with Crippen molar-refractivity contribution in [2.75, 3.05) is 5.73 Å². The van der Waals surface area contributed by atoms with E-state index in [1.165, 1.54) is 24.4 Å². The highest BCUT2D eigenvalue weighted by Gasteiger charge is 2.65. The number of halogens is 3. The number of alkyl halides is 3. The number of carbonyl (C=O) groups excluding carboxylic acids is 1. The summed E-state index contributed by atoms with van der Waals surface area (Å²) in [6.45, 7) is 6.69. The Morgan fingerprint density at radius 1 is 1.20 bits per heavy atom. The second-order valence-electron chi connectivity index (χ2n) is 8.02. The summed E-state index contributed by atoms with van der Waals surface area (Å²) in [5.74, 6) is -0.590. The average Bonchev–Trinajstić information content (AvgIpc) is 3.04. The van der Waals surface area contributed by atoms with Crippen LogP contribution in [0, 0.1) is 19.3 Å². The molecule has 1 atom stereocenters. The van der Waals surface area contributed by atoms with Crippen LogP contribution in [0.1, 0.15) is 37.6 Å². The largest absolute Gasteiger partial charge is 0.422 e. The van der Waals surface area contributed by atoms with Crippen LogP contribution in [0.3, 0.4) is 0 Å². The minimum atomic E-state index is -5.08. The van der Waals surface area contributed by atoms with E-state index in [0.29, 0.717) is 28.2 Å². The molecule has 1 unspecified atom stereocenters. The van der Waals surface area contributed by atoms with E-state index < -0.39 is 28.5 Å². The topological polar surface area (TPSA) is 93.5 Å². The smallest absolute Gasteiger partial charge is 0.381 e. The van der Waals surface area contributed by atoms with Crippen molar-refractivity contribution < 1.29 is 23.1 Å². The zero-order chi connectivity index (χ0) is 22.6. The summed E-state index contributed by atoms with van der Waals surface area (Å²) < 4.78 is 44.1. The van der Waals surface area contributed by atoms with Crippen molar-refractivity contribution in [1.29, 1.82) is 0 Å². The number of fused-ring (bicyclic) bond motifs is 1. The Morgan fingerprint density at radius 3 is 2.40 bits per heavy atom. The van der Waals surface area contributed by atoms with Crippen molar-refractivity contribution >= 4 is 17.2 Å². The Hall–Kier alpha value is -2.94. The number of benzene rings is 1. The van der Waals surface area contributed by atoms with Gasteiger partial charge in [0.05, 0.1) is 23.0 Å². The van der Waals surface area contributed by atoms with Gasteiger partial charge in [-0.15, -0.1) is 0 Å². The highest BCUT2D eigenvalue weighted by Crippen LogP contribution is 2.52. The third kappa shape index (κ3) is 3.04. The van der Waals surface area contributed by atoms with E-state index in [2.05, 4.69) is 9.97 Å². The van der Waals surface area contributed by atoms with Crippen LogP contribution in [0.25, 0.3) is 16.9 Å². The highest BCUT2D eigenvalue weighted by atomic mass is 19.4. The standard InChI is InChI=1S/C21H23F3N4O2/c1-11-6-7-14(20(30,21(22,23)24)19(4,5)13(3)29)8-15(11)16-9-26-18-17(25)27-12(2)10-28(16)18/h6-10,30H,1-5H3,(H2,25,27). The van der Waals surface area contributed by atoms with E-state index in [9.17, 15) is 23.1 Å². The molecule has 2 aromatic heterocycles. The predicted molar refractivity (Wildman–Crippen MR) is 107 cm³/mol. The molecule has 0 aliphatic carbocycles. The molecule has 3 rings (SSSR count). The fraction of sp³-hybridized carbons (Fsp3) is 0.381. The maximum Gasteiger partial charge on any atom is 0.422 e. The zero-order valence-electron chi connectivity index (χ0n) is 17.3. The van der Waals surface area contributed by atoms with Crippen LogP contribution < -0.4 is 5.73 Å². The van der Waals surface area contributed by atoms with E-state index >= 15 is 0 Å². The summed E-state index contributed by atoms with van der Waals surface area (Å²) in [4.78, 5) is 20.4. The van der Waals surface area contributed by atoms with Gasteiger partial charge in [-0.25, -0.2) is 9.97 Å². The fourth-order valence-corrected chi connectivity index (χ4v) is 3.59. The normalized spacial score (nSPS) is 14.7. The Kier molecular flexibility index (Phi) is 4.93. The number of ketones is 1. The molecule has 0 aliphatic heterocycles. The average molecular weight is 420 g/mol. The van der Waals surface area contributed by atoms with Gasteiger partial charge in [0.25, 0.3) is 0 Å². The van der Waals surface area contributed by atoms with Crippen molar-refractivity contribution in [3.05, 3.63) is 47.4 Å². The van der Waals surface area contributed by atoms with Gasteiger partial charge in [-0.2, -0.15) is 13.2 Å². The Bertz CT molecular complexity index is 1150. The van der Waals surface area contributed by atoms with Crippen molar-refractivity contribution in [3.8, 4) is 11.3 Å². The van der Waals surface area contributed by atoms with Crippen molar-refractivity contribution in [3.63, 3.8) is 0 Å². The summed E-state index contributed by atoms with van der Waals surface area (Å²) in [6.07, 6.45) is -1.92. The van der Waals surface area contributed by atoms with Crippen LogP contribution in [0.2, 0.25) is 0 Å². The number of nitrogen functional groups attached to an aromatic ring is 1. The van der Waals surface area contributed by atoms with E-state index in [1.807, 2.05) is 0 Å². The van der Waals surface area contributed by atoms with Crippen LogP contribution >= 0.6 is 0 Å². The lowest BCUT2D eigenvalue weighted by molar-refractivity contribution is -0.299. The second-order valence-corrected chi connectivity index (χ2v) is 8.02. The van der Waals surface area contributed by atoms with Crippen LogP contribution in [-0.2, 0) is 10.4 Å². The van der Waals surface area contributed by atoms with Gasteiger partial charge >= 0.3 is 6.18 Å². The summed E-state index contributed by atoms with van der Waals surface area (Å²) in [7, 11) is 0. The summed E-state index contributed by atoms with van der Waals surface area (Å²) in [6, 6.07) is 3.93. The Labute approximate surface area is 171 Å². The number of imidazole rings is 1. The van der Waals surface area contributed by atoms with Crippen molar-refractivity contribution in [2.24, 2.45) is 5.41 Å². The molecule has 0 amide bonds. The van der Waals surface area contributed by atoms with Gasteiger partial charge in [-0.1, -0.05) is 12.1 Å². The van der Waals surface area contributed by atoms with Crippen LogP contribution in [0.4, 0.5) is 19.0 Å². The van der Waals surface area contributed by atoms with Crippen molar-refractivity contribution in [1.82, 2.24) is 14.4 Å². The molecule has 3 aromatic rings. The minimum absolute atomic E-state index is 0.194. The molecule has 3 N–H and O–H groups in total. The van der Waals surface area contributed by atoms with Gasteiger partial charge in [0.1, 0.15) is 5.78 Å². The molecule has 9 heteroatoms. The molecule has 30 heavy (non-hydrogen) atoms. The molecule has 0 bridgehead atoms. The van der Waals surface area contributed by atoms with Gasteiger partial charge in [0, 0.05) is 11.8 Å². The SMILES string of the molecule is CC(=O)C(C)(C)C(O)(c1ccc(C)c(-c2cnc3c(N)nc(C)cn23)c1)C(F)(F)F. The van der Waals surface area contributed by atoms with E-state index in [1.54, 1.807) is 24.4 Å². The number of Topliss-reactive ketones (excluding diaryl/α,β-unsaturated/α-hetero) is 1. The number of hydrogen-bond acceptors (Lipinski definition) is 5. The summed E-state index contributed by atoms with van der Waals surface area (Å²) in [5.41, 5.74) is 2.55. The maximum atomic E-state index is 14.1. The number of anilines is 1. The quantitative estimate of drug-likeness (QED) is 0.666. The first kappa shape index (κ1) is 21.8. The number of nitrogens with zero attached hydrogens (tertiary/aromatic N) is 3. The molecule has 160 valence electrons. The maximum absolute atomic E-state index is 14.1. The number of carbonyl (C=O) groups is 1. The van der Waals surface area contributed by atoms with Gasteiger partial charge in [-0.05, 0) is 51.8 Å². The van der Waals surface area contributed by atoms with Gasteiger partial charge in [0.15, 0.2) is 17.1 Å². The molecule has 0 radical (unpaired) electrons. The molecular formula is C21H23F3N4O2. The first-order valence-electron chi connectivity index (χ1n) is 9.23. The van der Waals surface area contributed by atoms with Gasteiger partial charge in [-0.3, -0.25) is 9.20 Å². The first-order valence-corrected chi connectivity index (χ1v) is 9.23. The van der Waals surface area contributed by atoms with Crippen LogP contribution in [0.5, 0.6) is 0 Å². The number of aliphatic hydroxyl groups is 1. The number of nitrogens with two attached hydrogens (primary N) is 1. The molecule has 1 aromatic carbocycles. The molecule has 0 spiro atoms. The van der Waals surface area contributed by atoms with Crippen LogP contribution in [-0.4, -0.2) is 31.4 Å². The van der Waals surface area contributed by atoms with Crippen molar-refractivity contribution in [2.45, 2.75) is 46.4 Å². The lowest BCUT2D eigenvalue weighted by atomic mass is 9.67. The fourth-order valence-electron chi connectivity index (χ4n) is 3.59. The highest BCUT2D eigenvalue weighted by molar-refractivity contribution is 5.83. The van der Waals surface area contributed by atoms with E-state index in [4.69, 9.17) is 5.73 Å². The van der Waals surface area contributed by atoms with Gasteiger partial charge < -0.3 is 10.8 Å². The third-order valence-corrected chi connectivity index (χ3v) is 5.76. The van der Waals surface area contributed by atoms with E-state index in [-0.39, 0.29) is 5.82 Å². The molecular weight excluding hydrogens is 397 g/mol. The lowest BCUT2D eigenvalue weighted by Gasteiger charge is -2.42. The predicted octanol–water partition coefficient (Wildman–Crippen LogP) is 3.96. The summed E-state index contributed by atoms with van der Waals surface area (Å²) >= 11 is 0. The Morgan fingerprint density at radius 2 is 1.83 bits per heavy atom. The number of aryl methyl sites for hydroxylation is 2. The number of aromatic nitrogens is 3. The summed E-state index contributed by atoms with van der Waals surface area (Å²) in [5, 5.41) is 10.9. The molecule has 0 saturated heterocycles. The zero-order valence-corrected chi connectivity index (χ0v) is 17.3. The third-order valence-electron chi connectivity index (χ3n) is 5.76. The Balaban J connectivity index is 2.32. The second kappa shape index (κ2) is 6.80. The molecule has 2 heterocycles. The lowest BCUT2D eigenvalue weighted by Crippen LogP contribution is -2.56.